The maximum Gasteiger partial charge on any atom is 0.240 e. The second kappa shape index (κ2) is 6.21. The predicted molar refractivity (Wildman–Crippen MR) is 71.4 cm³/mol. The molecule has 0 aromatic carbocycles. The topological polar surface area (TPSA) is 53.8 Å². The third-order valence-corrected chi connectivity index (χ3v) is 3.37. The molecule has 5 nitrogen and oxygen atoms in total. The predicted octanol–water partition coefficient (Wildman–Crippen LogP) is 1.23. The molecule has 1 amide bonds. The van der Waals surface area contributed by atoms with Gasteiger partial charge in [-0.15, -0.1) is 11.6 Å². The molecule has 0 saturated carbocycles. The van der Waals surface area contributed by atoms with Crippen molar-refractivity contribution in [3.8, 4) is 0 Å². The van der Waals surface area contributed by atoms with Gasteiger partial charge in [-0.25, -0.2) is 0 Å². The molecule has 1 aliphatic rings. The van der Waals surface area contributed by atoms with E-state index in [1.165, 1.54) is 6.26 Å². The number of furan rings is 1. The number of nitrogens with zero attached hydrogens (tertiary/aromatic N) is 2. The van der Waals surface area contributed by atoms with Gasteiger partial charge in [-0.05, 0) is 19.1 Å². The van der Waals surface area contributed by atoms with E-state index in [1.54, 1.807) is 24.0 Å². The van der Waals surface area contributed by atoms with E-state index in [9.17, 15) is 9.59 Å². The average molecular weight is 285 g/mol. The Morgan fingerprint density at radius 3 is 2.58 bits per heavy atom. The molecule has 0 aliphatic carbocycles. The number of piperazine rings is 1. The number of ketones is 1. The van der Waals surface area contributed by atoms with Gasteiger partial charge in [0, 0.05) is 26.2 Å². The van der Waals surface area contributed by atoms with Gasteiger partial charge in [0.15, 0.2) is 5.76 Å². The van der Waals surface area contributed by atoms with Crippen LogP contribution in [0.1, 0.15) is 17.5 Å². The van der Waals surface area contributed by atoms with Crippen molar-refractivity contribution in [2.45, 2.75) is 12.3 Å². The van der Waals surface area contributed by atoms with Gasteiger partial charge in [-0.2, -0.15) is 0 Å². The number of hydrogen-bond acceptors (Lipinski definition) is 4. The summed E-state index contributed by atoms with van der Waals surface area (Å²) in [4.78, 5) is 27.3. The maximum atomic E-state index is 11.9. The van der Waals surface area contributed by atoms with Gasteiger partial charge in [-0.3, -0.25) is 14.5 Å². The quantitative estimate of drug-likeness (QED) is 0.616. The van der Waals surface area contributed by atoms with Crippen molar-refractivity contribution in [2.24, 2.45) is 0 Å². The van der Waals surface area contributed by atoms with E-state index in [4.69, 9.17) is 16.0 Å². The van der Waals surface area contributed by atoms with Crippen LogP contribution < -0.4 is 0 Å². The van der Waals surface area contributed by atoms with Gasteiger partial charge in [-0.1, -0.05) is 0 Å². The molecule has 2 heterocycles. The highest BCUT2D eigenvalue weighted by molar-refractivity contribution is 6.30. The molecule has 1 atom stereocenters. The molecule has 1 aliphatic heterocycles. The Kier molecular flexibility index (Phi) is 4.61. The zero-order chi connectivity index (χ0) is 13.8. The molecule has 0 N–H and O–H groups in total. The summed E-state index contributed by atoms with van der Waals surface area (Å²) in [7, 11) is 0. The molecule has 6 heteroatoms. The van der Waals surface area contributed by atoms with Gasteiger partial charge in [0.1, 0.15) is 5.38 Å². The summed E-state index contributed by atoms with van der Waals surface area (Å²) in [6, 6.07) is 3.36. The maximum absolute atomic E-state index is 11.9. The number of carbonyl (C=O) groups excluding carboxylic acids is 2. The number of amides is 1. The monoisotopic (exact) mass is 284 g/mol. The van der Waals surface area contributed by atoms with Gasteiger partial charge < -0.3 is 9.32 Å². The Labute approximate surface area is 117 Å². The van der Waals surface area contributed by atoms with Crippen LogP contribution in [0.4, 0.5) is 0 Å². The van der Waals surface area contributed by atoms with E-state index in [-0.39, 0.29) is 11.7 Å². The highest BCUT2D eigenvalue weighted by Gasteiger charge is 2.25. The fourth-order valence-corrected chi connectivity index (χ4v) is 2.23. The Hall–Kier alpha value is -1.33. The zero-order valence-corrected chi connectivity index (χ0v) is 11.6. The molecule has 1 aromatic heterocycles. The van der Waals surface area contributed by atoms with Crippen molar-refractivity contribution < 1.29 is 14.0 Å². The Morgan fingerprint density at radius 2 is 2.05 bits per heavy atom. The lowest BCUT2D eigenvalue weighted by Gasteiger charge is -2.34. The Balaban J connectivity index is 1.81. The summed E-state index contributed by atoms with van der Waals surface area (Å²) >= 11 is 5.78. The van der Waals surface area contributed by atoms with E-state index in [0.29, 0.717) is 38.5 Å². The van der Waals surface area contributed by atoms with Crippen LogP contribution in [0.3, 0.4) is 0 Å². The van der Waals surface area contributed by atoms with Crippen LogP contribution in [-0.4, -0.2) is 59.6 Å². The normalized spacial score (nSPS) is 18.3. The van der Waals surface area contributed by atoms with Gasteiger partial charge in [0.05, 0.1) is 12.8 Å². The molecule has 1 unspecified atom stereocenters. The molecule has 0 spiro atoms. The number of hydrogen-bond donors (Lipinski definition) is 0. The molecule has 1 aromatic rings. The van der Waals surface area contributed by atoms with E-state index >= 15 is 0 Å². The summed E-state index contributed by atoms with van der Waals surface area (Å²) in [5, 5.41) is -0.490. The van der Waals surface area contributed by atoms with E-state index < -0.39 is 5.38 Å². The minimum absolute atomic E-state index is 0.0320. The lowest BCUT2D eigenvalue weighted by atomic mass is 10.2. The third kappa shape index (κ3) is 3.58. The summed E-state index contributed by atoms with van der Waals surface area (Å²) in [5.41, 5.74) is 0. The fraction of sp³-hybridized carbons (Fsp3) is 0.538. The first-order chi connectivity index (χ1) is 9.08. The number of rotatable bonds is 4. The molecule has 104 valence electrons. The number of alkyl halides is 1. The van der Waals surface area contributed by atoms with Gasteiger partial charge >= 0.3 is 0 Å². The lowest BCUT2D eigenvalue weighted by molar-refractivity contribution is -0.132. The van der Waals surface area contributed by atoms with Crippen LogP contribution in [0.15, 0.2) is 22.8 Å². The summed E-state index contributed by atoms with van der Waals surface area (Å²) in [5.74, 6) is 0.307. The Bertz CT molecular complexity index is 437. The van der Waals surface area contributed by atoms with Gasteiger partial charge in [0.2, 0.25) is 11.7 Å². The molecular weight excluding hydrogens is 268 g/mol. The van der Waals surface area contributed by atoms with Crippen LogP contribution in [0.25, 0.3) is 0 Å². The number of halogens is 1. The fourth-order valence-electron chi connectivity index (χ4n) is 2.10. The highest BCUT2D eigenvalue weighted by Crippen LogP contribution is 2.09. The molecular formula is C13H17ClN2O3. The van der Waals surface area contributed by atoms with Crippen LogP contribution >= 0.6 is 11.6 Å². The SMILES string of the molecule is CC(Cl)C(=O)N1CCN(CC(=O)c2ccco2)CC1. The van der Waals surface area contributed by atoms with Crippen molar-refractivity contribution in [2.75, 3.05) is 32.7 Å². The molecule has 0 radical (unpaired) electrons. The minimum atomic E-state index is -0.490. The second-order valence-corrected chi connectivity index (χ2v) is 5.27. The van der Waals surface area contributed by atoms with Crippen molar-refractivity contribution in [1.29, 1.82) is 0 Å². The van der Waals surface area contributed by atoms with E-state index in [0.717, 1.165) is 0 Å². The highest BCUT2D eigenvalue weighted by atomic mass is 35.5. The van der Waals surface area contributed by atoms with Crippen molar-refractivity contribution in [3.05, 3.63) is 24.2 Å². The standard InChI is InChI=1S/C13H17ClN2O3/c1-10(14)13(18)16-6-4-15(5-7-16)9-11(17)12-3-2-8-19-12/h2-3,8,10H,4-7,9H2,1H3. The number of Topliss-reactive ketones (excluding diaryl/α,β-unsaturated/α-hetero) is 1. The van der Waals surface area contributed by atoms with E-state index in [1.807, 2.05) is 4.90 Å². The van der Waals surface area contributed by atoms with Gasteiger partial charge in [0.25, 0.3) is 0 Å². The largest absolute Gasteiger partial charge is 0.461 e. The molecule has 1 saturated heterocycles. The van der Waals surface area contributed by atoms with E-state index in [2.05, 4.69) is 0 Å². The first kappa shape index (κ1) is 14.1. The van der Waals surface area contributed by atoms with Crippen LogP contribution in [0.2, 0.25) is 0 Å². The molecule has 19 heavy (non-hydrogen) atoms. The summed E-state index contributed by atoms with van der Waals surface area (Å²) in [6.07, 6.45) is 1.49. The molecule has 0 bridgehead atoms. The average Bonchev–Trinajstić information content (AvgIpc) is 2.92. The molecule has 2 rings (SSSR count). The van der Waals surface area contributed by atoms with Crippen LogP contribution in [-0.2, 0) is 4.79 Å². The van der Waals surface area contributed by atoms with Crippen molar-refractivity contribution in [3.63, 3.8) is 0 Å². The smallest absolute Gasteiger partial charge is 0.240 e. The Morgan fingerprint density at radius 1 is 1.37 bits per heavy atom. The summed E-state index contributed by atoms with van der Waals surface area (Å²) in [6.45, 7) is 4.59. The molecule has 1 fully saturated rings. The third-order valence-electron chi connectivity index (χ3n) is 3.19. The summed E-state index contributed by atoms with van der Waals surface area (Å²) < 4.78 is 5.07. The number of carbonyl (C=O) groups is 2. The second-order valence-electron chi connectivity index (χ2n) is 4.62. The van der Waals surface area contributed by atoms with Crippen LogP contribution in [0, 0.1) is 0 Å². The zero-order valence-electron chi connectivity index (χ0n) is 10.8. The van der Waals surface area contributed by atoms with Crippen LogP contribution in [0.5, 0.6) is 0 Å². The first-order valence-corrected chi connectivity index (χ1v) is 6.73. The first-order valence-electron chi connectivity index (χ1n) is 6.30. The minimum Gasteiger partial charge on any atom is -0.461 e. The lowest BCUT2D eigenvalue weighted by Crippen LogP contribution is -2.51. The van der Waals surface area contributed by atoms with Crippen molar-refractivity contribution >= 4 is 23.3 Å². The van der Waals surface area contributed by atoms with Crippen molar-refractivity contribution in [1.82, 2.24) is 9.80 Å².